The van der Waals surface area contributed by atoms with Gasteiger partial charge in [0, 0.05) is 18.8 Å². The number of methoxy groups -OCH3 is 1. The Bertz CT molecular complexity index is 1070. The maximum Gasteiger partial charge on any atom is 0.339 e. The summed E-state index contributed by atoms with van der Waals surface area (Å²) in [5, 5.41) is 2.87. The number of carbonyl (C=O) groups excluding carboxylic acids is 2. The normalized spacial score (nSPS) is 14.6. The molecule has 1 saturated heterocycles. The molecule has 0 atom stereocenters. The van der Waals surface area contributed by atoms with Crippen LogP contribution in [0.25, 0.3) is 0 Å². The molecule has 0 radical (unpaired) electrons. The number of nitrogens with one attached hydrogen (secondary N) is 1. The van der Waals surface area contributed by atoms with Gasteiger partial charge in [-0.3, -0.25) is 4.79 Å². The third kappa shape index (κ3) is 4.56. The SMILES string of the molecule is COC(=O)c1cc(NC(=O)c2cc(S(=O)(=O)N3CCCC3)ccc2Cl)ccc1Cl. The molecule has 1 aliphatic rings. The van der Waals surface area contributed by atoms with Crippen LogP contribution in [-0.2, 0) is 14.8 Å². The molecule has 1 heterocycles. The fourth-order valence-electron chi connectivity index (χ4n) is 2.98. The Morgan fingerprint density at radius 3 is 2.28 bits per heavy atom. The van der Waals surface area contributed by atoms with Gasteiger partial charge >= 0.3 is 5.97 Å². The van der Waals surface area contributed by atoms with Crippen molar-refractivity contribution >= 4 is 50.8 Å². The van der Waals surface area contributed by atoms with Crippen molar-refractivity contribution in [1.82, 2.24) is 4.31 Å². The van der Waals surface area contributed by atoms with Crippen LogP contribution in [0, 0.1) is 0 Å². The number of anilines is 1. The summed E-state index contributed by atoms with van der Waals surface area (Å²) in [5.41, 5.74) is 0.369. The molecule has 29 heavy (non-hydrogen) atoms. The van der Waals surface area contributed by atoms with Crippen LogP contribution < -0.4 is 5.32 Å². The molecule has 0 aromatic heterocycles. The Hall–Kier alpha value is -2.13. The molecule has 10 heteroatoms. The zero-order valence-corrected chi connectivity index (χ0v) is 17.8. The highest BCUT2D eigenvalue weighted by atomic mass is 35.5. The molecule has 7 nitrogen and oxygen atoms in total. The number of hydrogen-bond donors (Lipinski definition) is 1. The Morgan fingerprint density at radius 1 is 1.00 bits per heavy atom. The number of nitrogens with zero attached hydrogens (tertiary/aromatic N) is 1. The lowest BCUT2D eigenvalue weighted by Gasteiger charge is -2.16. The van der Waals surface area contributed by atoms with E-state index in [0.29, 0.717) is 13.1 Å². The van der Waals surface area contributed by atoms with Gasteiger partial charge in [-0.2, -0.15) is 4.31 Å². The maximum absolute atomic E-state index is 12.8. The summed E-state index contributed by atoms with van der Waals surface area (Å²) >= 11 is 12.1. The zero-order chi connectivity index (χ0) is 21.2. The van der Waals surface area contributed by atoms with E-state index in [1.54, 1.807) is 0 Å². The third-order valence-electron chi connectivity index (χ3n) is 4.51. The van der Waals surface area contributed by atoms with Gasteiger partial charge in [0.2, 0.25) is 10.0 Å². The second-order valence-corrected chi connectivity index (χ2v) is 9.15. The molecule has 1 N–H and O–H groups in total. The number of hydrogen-bond acceptors (Lipinski definition) is 5. The van der Waals surface area contributed by atoms with Gasteiger partial charge in [0.1, 0.15) is 0 Å². The second kappa shape index (κ2) is 8.71. The highest BCUT2D eigenvalue weighted by molar-refractivity contribution is 7.89. The average Bonchev–Trinajstić information content (AvgIpc) is 3.24. The van der Waals surface area contributed by atoms with E-state index >= 15 is 0 Å². The fraction of sp³-hybridized carbons (Fsp3) is 0.263. The van der Waals surface area contributed by atoms with Crippen LogP contribution in [0.15, 0.2) is 41.3 Å². The molecule has 1 aliphatic heterocycles. The minimum absolute atomic E-state index is 0.000283. The van der Waals surface area contributed by atoms with E-state index in [1.807, 2.05) is 0 Å². The Balaban J connectivity index is 1.89. The lowest BCUT2D eigenvalue weighted by molar-refractivity contribution is 0.0600. The summed E-state index contributed by atoms with van der Waals surface area (Å²) in [6.45, 7) is 0.904. The van der Waals surface area contributed by atoms with E-state index in [2.05, 4.69) is 10.1 Å². The van der Waals surface area contributed by atoms with E-state index in [4.69, 9.17) is 23.2 Å². The summed E-state index contributed by atoms with van der Waals surface area (Å²) in [7, 11) is -2.48. The summed E-state index contributed by atoms with van der Waals surface area (Å²) in [6.07, 6.45) is 1.61. The monoisotopic (exact) mass is 456 g/mol. The molecule has 0 bridgehead atoms. The summed E-state index contributed by atoms with van der Waals surface area (Å²) < 4.78 is 31.6. The van der Waals surface area contributed by atoms with Crippen LogP contribution in [0.2, 0.25) is 10.0 Å². The second-order valence-electron chi connectivity index (χ2n) is 6.39. The highest BCUT2D eigenvalue weighted by Crippen LogP contribution is 2.27. The van der Waals surface area contributed by atoms with Crippen molar-refractivity contribution in [3.05, 3.63) is 57.6 Å². The van der Waals surface area contributed by atoms with Gasteiger partial charge in [-0.15, -0.1) is 0 Å². The maximum atomic E-state index is 12.8. The van der Waals surface area contributed by atoms with Crippen molar-refractivity contribution in [1.29, 1.82) is 0 Å². The Kier molecular flexibility index (Phi) is 6.48. The van der Waals surface area contributed by atoms with Gasteiger partial charge in [0.05, 0.1) is 33.2 Å². The van der Waals surface area contributed by atoms with Gasteiger partial charge in [0.15, 0.2) is 0 Å². The largest absolute Gasteiger partial charge is 0.465 e. The standard InChI is InChI=1S/C19H18Cl2N2O5S/c1-28-19(25)15-10-12(4-6-17(15)21)22-18(24)14-11-13(5-7-16(14)20)29(26,27)23-8-2-3-9-23/h4-7,10-11H,2-3,8-9H2,1H3,(H,22,24). The zero-order valence-electron chi connectivity index (χ0n) is 15.4. The number of ether oxygens (including phenoxy) is 1. The van der Waals surface area contributed by atoms with Crippen LogP contribution in [0.4, 0.5) is 5.69 Å². The Labute approximate surface area is 178 Å². The Morgan fingerprint density at radius 2 is 1.62 bits per heavy atom. The van der Waals surface area contributed by atoms with Crippen molar-refractivity contribution in [2.75, 3.05) is 25.5 Å². The lowest BCUT2D eigenvalue weighted by atomic mass is 10.1. The van der Waals surface area contributed by atoms with Crippen molar-refractivity contribution in [2.24, 2.45) is 0 Å². The number of halogens is 2. The molecule has 0 spiro atoms. The van der Waals surface area contributed by atoms with Crippen LogP contribution >= 0.6 is 23.2 Å². The molecule has 2 aromatic rings. The molecule has 154 valence electrons. The van der Waals surface area contributed by atoms with Crippen LogP contribution in [0.1, 0.15) is 33.6 Å². The first-order valence-corrected chi connectivity index (χ1v) is 10.9. The number of amides is 1. The molecule has 0 saturated carbocycles. The molecular weight excluding hydrogens is 439 g/mol. The van der Waals surface area contributed by atoms with Crippen molar-refractivity contribution in [2.45, 2.75) is 17.7 Å². The first kappa shape index (κ1) is 21.6. The molecule has 3 rings (SSSR count). The number of rotatable bonds is 5. The molecule has 2 aromatic carbocycles. The van der Waals surface area contributed by atoms with E-state index < -0.39 is 21.9 Å². The van der Waals surface area contributed by atoms with Gasteiger partial charge in [-0.1, -0.05) is 23.2 Å². The van der Waals surface area contributed by atoms with E-state index in [1.165, 1.54) is 47.8 Å². The smallest absolute Gasteiger partial charge is 0.339 e. The topological polar surface area (TPSA) is 92.8 Å². The predicted molar refractivity (Wildman–Crippen MR) is 110 cm³/mol. The molecule has 0 aliphatic carbocycles. The van der Waals surface area contributed by atoms with Gasteiger partial charge in [0.25, 0.3) is 5.91 Å². The molecular formula is C19H18Cl2N2O5S. The van der Waals surface area contributed by atoms with Gasteiger partial charge in [-0.25, -0.2) is 13.2 Å². The average molecular weight is 457 g/mol. The summed E-state index contributed by atoms with van der Waals surface area (Å²) in [4.78, 5) is 24.5. The number of esters is 1. The van der Waals surface area contributed by atoms with Gasteiger partial charge in [-0.05, 0) is 49.2 Å². The van der Waals surface area contributed by atoms with Crippen LogP contribution in [-0.4, -0.2) is 44.8 Å². The number of carbonyl (C=O) groups is 2. The third-order valence-corrected chi connectivity index (χ3v) is 7.07. The first-order valence-electron chi connectivity index (χ1n) is 8.73. The van der Waals surface area contributed by atoms with Gasteiger partial charge < -0.3 is 10.1 Å². The summed E-state index contributed by atoms with van der Waals surface area (Å²) in [5.74, 6) is -1.27. The van der Waals surface area contributed by atoms with Crippen molar-refractivity contribution < 1.29 is 22.7 Å². The molecule has 0 unspecified atom stereocenters. The van der Waals surface area contributed by atoms with E-state index in [-0.39, 0.29) is 31.8 Å². The summed E-state index contributed by atoms with van der Waals surface area (Å²) in [6, 6.07) is 8.32. The molecule has 1 fully saturated rings. The predicted octanol–water partition coefficient (Wildman–Crippen LogP) is 3.82. The fourth-order valence-corrected chi connectivity index (χ4v) is 4.93. The minimum atomic E-state index is -3.70. The van der Waals surface area contributed by atoms with Crippen LogP contribution in [0.3, 0.4) is 0 Å². The van der Waals surface area contributed by atoms with Crippen molar-refractivity contribution in [3.63, 3.8) is 0 Å². The first-order chi connectivity index (χ1) is 13.7. The van der Waals surface area contributed by atoms with Crippen LogP contribution in [0.5, 0.6) is 0 Å². The number of sulfonamides is 1. The van der Waals surface area contributed by atoms with E-state index in [0.717, 1.165) is 12.8 Å². The molecule has 1 amide bonds. The lowest BCUT2D eigenvalue weighted by Crippen LogP contribution is -2.28. The number of benzene rings is 2. The quantitative estimate of drug-likeness (QED) is 0.690. The van der Waals surface area contributed by atoms with E-state index in [9.17, 15) is 18.0 Å². The highest BCUT2D eigenvalue weighted by Gasteiger charge is 2.28. The minimum Gasteiger partial charge on any atom is -0.465 e. The van der Waals surface area contributed by atoms with Crippen molar-refractivity contribution in [3.8, 4) is 0 Å².